The molecule has 0 unspecified atom stereocenters. The van der Waals surface area contributed by atoms with Gasteiger partial charge in [-0.15, -0.1) is 0 Å². The van der Waals surface area contributed by atoms with E-state index in [9.17, 15) is 9.90 Å². The van der Waals surface area contributed by atoms with Crippen LogP contribution in [0.4, 0.5) is 0 Å². The summed E-state index contributed by atoms with van der Waals surface area (Å²) < 4.78 is 14.5. The summed E-state index contributed by atoms with van der Waals surface area (Å²) in [6.45, 7) is 8.61. The monoisotopic (exact) mass is 494 g/mol. The summed E-state index contributed by atoms with van der Waals surface area (Å²) in [5, 5.41) is 10.1. The van der Waals surface area contributed by atoms with Crippen molar-refractivity contribution < 1.29 is 19.4 Å². The van der Waals surface area contributed by atoms with Crippen LogP contribution in [0.3, 0.4) is 0 Å². The third-order valence-corrected chi connectivity index (χ3v) is 6.80. The summed E-state index contributed by atoms with van der Waals surface area (Å²) >= 11 is 3.67. The summed E-state index contributed by atoms with van der Waals surface area (Å²) in [4.78, 5) is 19.9. The predicted octanol–water partition coefficient (Wildman–Crippen LogP) is 2.01. The number of hydrogen-bond acceptors (Lipinski definition) is 7. The quantitative estimate of drug-likeness (QED) is 0.615. The second-order valence-corrected chi connectivity index (χ2v) is 9.14. The van der Waals surface area contributed by atoms with E-state index in [1.807, 2.05) is 27.1 Å². The minimum absolute atomic E-state index is 0.187. The number of halogens is 1. The molecule has 3 heterocycles. The van der Waals surface area contributed by atoms with Gasteiger partial charge >= 0.3 is 5.97 Å². The second kappa shape index (κ2) is 9.46. The third kappa shape index (κ3) is 4.34. The molecule has 1 fully saturated rings. The van der Waals surface area contributed by atoms with Crippen LogP contribution in [0.25, 0.3) is 10.9 Å². The number of esters is 1. The number of aromatic nitrogens is 1. The van der Waals surface area contributed by atoms with Gasteiger partial charge in [0.05, 0.1) is 28.8 Å². The first-order valence-electron chi connectivity index (χ1n) is 10.8. The van der Waals surface area contributed by atoms with Gasteiger partial charge in [-0.1, -0.05) is 0 Å². The van der Waals surface area contributed by atoms with Gasteiger partial charge in [0.2, 0.25) is 0 Å². The van der Waals surface area contributed by atoms with Gasteiger partial charge in [-0.3, -0.25) is 14.7 Å². The Labute approximate surface area is 191 Å². The Kier molecular flexibility index (Phi) is 6.88. The highest BCUT2D eigenvalue weighted by molar-refractivity contribution is 9.10. The number of nitrogens with zero attached hydrogens (tertiary/aromatic N) is 4. The van der Waals surface area contributed by atoms with Gasteiger partial charge in [0.15, 0.2) is 0 Å². The minimum atomic E-state index is -0.278. The first kappa shape index (κ1) is 22.5. The van der Waals surface area contributed by atoms with Crippen LogP contribution in [0.15, 0.2) is 10.5 Å². The van der Waals surface area contributed by atoms with Gasteiger partial charge in [-0.2, -0.15) is 0 Å². The van der Waals surface area contributed by atoms with Crippen molar-refractivity contribution in [3.63, 3.8) is 0 Å². The van der Waals surface area contributed by atoms with Gasteiger partial charge in [-0.05, 0) is 36.0 Å². The lowest BCUT2D eigenvalue weighted by Gasteiger charge is -2.34. The van der Waals surface area contributed by atoms with Crippen molar-refractivity contribution in [1.82, 2.24) is 19.3 Å². The van der Waals surface area contributed by atoms with Crippen LogP contribution in [0.1, 0.15) is 28.5 Å². The second-order valence-electron chi connectivity index (χ2n) is 8.29. The van der Waals surface area contributed by atoms with Crippen molar-refractivity contribution in [3.05, 3.63) is 27.4 Å². The fraction of sp³-hybridized carbons (Fsp3) is 0.591. The molecule has 0 spiro atoms. The first-order valence-corrected chi connectivity index (χ1v) is 11.6. The molecular formula is C22H31BrN4O4. The smallest absolute Gasteiger partial charge is 0.340 e. The predicted molar refractivity (Wildman–Crippen MR) is 122 cm³/mol. The zero-order valence-electron chi connectivity index (χ0n) is 18.5. The van der Waals surface area contributed by atoms with Crippen molar-refractivity contribution in [1.29, 1.82) is 0 Å². The average molecular weight is 495 g/mol. The van der Waals surface area contributed by atoms with Crippen LogP contribution in [-0.2, 0) is 24.9 Å². The highest BCUT2D eigenvalue weighted by Gasteiger charge is 2.31. The highest BCUT2D eigenvalue weighted by Crippen LogP contribution is 2.42. The number of aliphatic hydroxyl groups is 1. The number of carbonyl (C=O) groups is 1. The molecule has 0 amide bonds. The molecule has 8 nitrogen and oxygen atoms in total. The van der Waals surface area contributed by atoms with E-state index >= 15 is 0 Å². The van der Waals surface area contributed by atoms with Crippen molar-refractivity contribution in [2.45, 2.75) is 20.0 Å². The fourth-order valence-electron chi connectivity index (χ4n) is 4.60. The molecule has 1 aromatic carbocycles. The van der Waals surface area contributed by atoms with E-state index in [1.54, 1.807) is 0 Å². The number of β-amino-alcohol motifs (C(OH)–C–C–N with tert-alkyl or cyclic N) is 1. The molecule has 0 aliphatic carbocycles. The number of ether oxygens (including phenoxy) is 2. The number of carbonyl (C=O) groups excluding carboxylic acids is 1. The average Bonchev–Trinajstić information content (AvgIpc) is 3.02. The molecule has 2 aromatic rings. The molecular weight excluding hydrogens is 464 g/mol. The molecule has 4 rings (SSSR count). The number of piperazine rings is 1. The molecule has 170 valence electrons. The Morgan fingerprint density at radius 3 is 2.61 bits per heavy atom. The lowest BCUT2D eigenvalue weighted by Crippen LogP contribution is -2.46. The Morgan fingerprint density at radius 1 is 1.23 bits per heavy atom. The lowest BCUT2D eigenvalue weighted by molar-refractivity contribution is 0.0523. The molecule has 9 heteroatoms. The van der Waals surface area contributed by atoms with Gasteiger partial charge in [0.1, 0.15) is 12.5 Å². The van der Waals surface area contributed by atoms with Gasteiger partial charge in [-0.25, -0.2) is 4.79 Å². The normalized spacial score (nSPS) is 18.2. The standard InChI is InChI=1S/C22H31BrN4O4/c1-4-30-22(29)20-18(13-27-7-5-26(6-8-27)9-10-28)25(3)17-11-16(23)21-15(19(17)20)12-24(2)14-31-21/h11,28H,4-10,12-14H2,1-3H3. The number of benzene rings is 1. The lowest BCUT2D eigenvalue weighted by atomic mass is 10.0. The van der Waals surface area contributed by atoms with Crippen LogP contribution in [0, 0.1) is 0 Å². The molecule has 0 bridgehead atoms. The van der Waals surface area contributed by atoms with E-state index in [1.165, 1.54) is 0 Å². The van der Waals surface area contributed by atoms with Crippen LogP contribution in [0.2, 0.25) is 0 Å². The Morgan fingerprint density at radius 2 is 1.94 bits per heavy atom. The Balaban J connectivity index is 1.78. The summed E-state index contributed by atoms with van der Waals surface area (Å²) in [7, 11) is 4.03. The molecule has 1 aromatic heterocycles. The summed E-state index contributed by atoms with van der Waals surface area (Å²) in [5.41, 5.74) is 3.65. The number of fused-ring (bicyclic) bond motifs is 3. The molecule has 0 saturated carbocycles. The van der Waals surface area contributed by atoms with Crippen molar-refractivity contribution >= 4 is 32.8 Å². The third-order valence-electron chi connectivity index (χ3n) is 6.21. The summed E-state index contributed by atoms with van der Waals surface area (Å²) in [5.74, 6) is 0.533. The molecule has 0 radical (unpaired) electrons. The highest BCUT2D eigenvalue weighted by atomic mass is 79.9. The maximum atomic E-state index is 13.2. The zero-order chi connectivity index (χ0) is 22.1. The van der Waals surface area contributed by atoms with E-state index in [0.717, 1.165) is 58.6 Å². The largest absolute Gasteiger partial charge is 0.477 e. The first-order chi connectivity index (χ1) is 14.9. The van der Waals surface area contributed by atoms with E-state index in [-0.39, 0.29) is 12.6 Å². The molecule has 2 aliphatic heterocycles. The van der Waals surface area contributed by atoms with E-state index in [0.29, 0.717) is 38.5 Å². The maximum Gasteiger partial charge on any atom is 0.340 e. The number of rotatable bonds is 6. The molecule has 1 N–H and O–H groups in total. The zero-order valence-corrected chi connectivity index (χ0v) is 20.1. The van der Waals surface area contributed by atoms with Gasteiger partial charge in [0, 0.05) is 69.5 Å². The van der Waals surface area contributed by atoms with Gasteiger partial charge in [0.25, 0.3) is 0 Å². The van der Waals surface area contributed by atoms with Crippen LogP contribution in [-0.4, -0.2) is 90.1 Å². The summed E-state index contributed by atoms with van der Waals surface area (Å²) in [6.07, 6.45) is 0. The SMILES string of the molecule is CCOC(=O)c1c(CN2CCN(CCO)CC2)n(C)c2cc(Br)c3c(c12)CN(C)CO3. The fourth-order valence-corrected chi connectivity index (χ4v) is 5.17. The van der Waals surface area contributed by atoms with Crippen LogP contribution >= 0.6 is 15.9 Å². The van der Waals surface area contributed by atoms with Crippen LogP contribution in [0.5, 0.6) is 5.75 Å². The van der Waals surface area contributed by atoms with Gasteiger partial charge < -0.3 is 19.1 Å². The molecule has 31 heavy (non-hydrogen) atoms. The van der Waals surface area contributed by atoms with Crippen molar-refractivity contribution in [2.75, 3.05) is 59.7 Å². The molecule has 1 saturated heterocycles. The van der Waals surface area contributed by atoms with Crippen molar-refractivity contribution in [2.24, 2.45) is 7.05 Å². The van der Waals surface area contributed by atoms with Crippen molar-refractivity contribution in [3.8, 4) is 5.75 Å². The molecule has 0 atom stereocenters. The van der Waals surface area contributed by atoms with E-state index in [2.05, 4.69) is 35.2 Å². The topological polar surface area (TPSA) is 70.4 Å². The maximum absolute atomic E-state index is 13.2. The number of hydrogen-bond donors (Lipinski definition) is 1. The number of aryl methyl sites for hydroxylation is 1. The summed E-state index contributed by atoms with van der Waals surface area (Å²) in [6, 6.07) is 2.05. The molecule has 2 aliphatic rings. The Hall–Kier alpha value is -1.65. The number of aliphatic hydroxyl groups excluding tert-OH is 1. The van der Waals surface area contributed by atoms with E-state index < -0.39 is 0 Å². The van der Waals surface area contributed by atoms with E-state index in [4.69, 9.17) is 9.47 Å². The van der Waals surface area contributed by atoms with Crippen LogP contribution < -0.4 is 4.74 Å². The minimum Gasteiger partial charge on any atom is -0.477 e. The Bertz CT molecular complexity index is 969.